The third-order valence-corrected chi connectivity index (χ3v) is 4.04. The van der Waals surface area contributed by atoms with Gasteiger partial charge in [-0.1, -0.05) is 12.1 Å². The fourth-order valence-electron chi connectivity index (χ4n) is 2.72. The van der Waals surface area contributed by atoms with Gasteiger partial charge >= 0.3 is 0 Å². The Morgan fingerprint density at radius 2 is 2.00 bits per heavy atom. The van der Waals surface area contributed by atoms with Crippen LogP contribution >= 0.6 is 0 Å². The average Bonchev–Trinajstić information content (AvgIpc) is 2.76. The van der Waals surface area contributed by atoms with Crippen molar-refractivity contribution in [2.24, 2.45) is 5.92 Å². The fourth-order valence-corrected chi connectivity index (χ4v) is 2.72. The summed E-state index contributed by atoms with van der Waals surface area (Å²) in [4.78, 5) is 2.34. The van der Waals surface area contributed by atoms with Crippen LogP contribution in [0.2, 0.25) is 0 Å². The quantitative estimate of drug-likeness (QED) is 0.773. The summed E-state index contributed by atoms with van der Waals surface area (Å²) in [5, 5.41) is 9.35. The minimum Gasteiger partial charge on any atom is -0.297 e. The van der Waals surface area contributed by atoms with Gasteiger partial charge in [0.15, 0.2) is 0 Å². The van der Waals surface area contributed by atoms with E-state index in [1.807, 2.05) is 12.1 Å². The molecule has 1 fully saturated rings. The molecular weight excluding hydrogens is 239 g/mol. The van der Waals surface area contributed by atoms with Gasteiger partial charge in [-0.05, 0) is 44.9 Å². The summed E-state index contributed by atoms with van der Waals surface area (Å²) in [5.74, 6) is -0.00413. The van der Waals surface area contributed by atoms with E-state index >= 15 is 0 Å². The van der Waals surface area contributed by atoms with E-state index in [1.54, 1.807) is 6.92 Å². The molecule has 0 unspecified atom stereocenters. The van der Waals surface area contributed by atoms with Crippen LogP contribution in [0, 0.1) is 30.0 Å². The fraction of sp³-hybridized carbons (Fsp3) is 0.562. The van der Waals surface area contributed by atoms with Crippen LogP contribution < -0.4 is 0 Å². The van der Waals surface area contributed by atoms with Crippen molar-refractivity contribution in [3.8, 4) is 6.07 Å². The predicted molar refractivity (Wildman–Crippen MR) is 74.3 cm³/mol. The van der Waals surface area contributed by atoms with Gasteiger partial charge in [-0.2, -0.15) is 5.26 Å². The highest BCUT2D eigenvalue weighted by Crippen LogP contribution is 2.36. The first-order valence-electron chi connectivity index (χ1n) is 6.73. The van der Waals surface area contributed by atoms with Gasteiger partial charge in [0.25, 0.3) is 0 Å². The van der Waals surface area contributed by atoms with E-state index in [0.29, 0.717) is 5.56 Å². The van der Waals surface area contributed by atoms with Crippen molar-refractivity contribution < 1.29 is 4.39 Å². The third kappa shape index (κ3) is 2.79. The molecule has 3 heteroatoms. The minimum atomic E-state index is -0.178. The van der Waals surface area contributed by atoms with Crippen molar-refractivity contribution in [1.82, 2.24) is 4.90 Å². The molecule has 1 aromatic rings. The standard InChI is InChI=1S/C16H21FN2/c1-11-7-12(5-6-15(11)17)14-10-19(16(2,3)4)9-13(14)8-18/h5-7,13-14H,9-10H2,1-4H3/t13-,14+/m1/s1. The lowest BCUT2D eigenvalue weighted by atomic mass is 9.89. The highest BCUT2D eigenvalue weighted by molar-refractivity contribution is 5.30. The first kappa shape index (κ1) is 14.0. The number of hydrogen-bond donors (Lipinski definition) is 0. The van der Waals surface area contributed by atoms with E-state index in [4.69, 9.17) is 0 Å². The third-order valence-electron chi connectivity index (χ3n) is 4.04. The van der Waals surface area contributed by atoms with Crippen LogP contribution in [-0.2, 0) is 0 Å². The summed E-state index contributed by atoms with van der Waals surface area (Å²) in [6.07, 6.45) is 0. The van der Waals surface area contributed by atoms with Crippen molar-refractivity contribution in [1.29, 1.82) is 5.26 Å². The van der Waals surface area contributed by atoms with Gasteiger partial charge in [0.2, 0.25) is 0 Å². The number of likely N-dealkylation sites (tertiary alicyclic amines) is 1. The van der Waals surface area contributed by atoms with Crippen molar-refractivity contribution in [3.63, 3.8) is 0 Å². The molecule has 19 heavy (non-hydrogen) atoms. The number of rotatable bonds is 1. The number of nitrogens with zero attached hydrogens (tertiary/aromatic N) is 2. The van der Waals surface area contributed by atoms with Crippen LogP contribution in [0.15, 0.2) is 18.2 Å². The van der Waals surface area contributed by atoms with Gasteiger partial charge in [-0.3, -0.25) is 4.90 Å². The predicted octanol–water partition coefficient (Wildman–Crippen LogP) is 3.47. The van der Waals surface area contributed by atoms with Crippen LogP contribution in [0.4, 0.5) is 4.39 Å². The van der Waals surface area contributed by atoms with Crippen LogP contribution in [0.1, 0.15) is 37.8 Å². The molecule has 1 aliphatic rings. The van der Waals surface area contributed by atoms with Crippen molar-refractivity contribution in [3.05, 3.63) is 35.1 Å². The Kier molecular flexibility index (Phi) is 3.64. The molecule has 0 radical (unpaired) electrons. The number of hydrogen-bond acceptors (Lipinski definition) is 2. The topological polar surface area (TPSA) is 27.0 Å². The Morgan fingerprint density at radius 3 is 2.53 bits per heavy atom. The molecule has 0 bridgehead atoms. The summed E-state index contributed by atoms with van der Waals surface area (Å²) in [7, 11) is 0. The van der Waals surface area contributed by atoms with Crippen LogP contribution in [0.5, 0.6) is 0 Å². The molecule has 0 saturated carbocycles. The lowest BCUT2D eigenvalue weighted by Crippen LogP contribution is -2.39. The molecule has 1 aliphatic heterocycles. The second kappa shape index (κ2) is 4.94. The van der Waals surface area contributed by atoms with Crippen molar-refractivity contribution in [2.75, 3.05) is 13.1 Å². The maximum absolute atomic E-state index is 13.4. The van der Waals surface area contributed by atoms with E-state index in [9.17, 15) is 9.65 Å². The molecule has 0 aromatic heterocycles. The first-order chi connectivity index (χ1) is 8.82. The summed E-state index contributed by atoms with van der Waals surface area (Å²) >= 11 is 0. The van der Waals surface area contributed by atoms with Gasteiger partial charge in [0, 0.05) is 24.5 Å². The van der Waals surface area contributed by atoms with Crippen LogP contribution in [0.25, 0.3) is 0 Å². The Bertz CT molecular complexity index is 510. The summed E-state index contributed by atoms with van der Waals surface area (Å²) in [6.45, 7) is 9.93. The Morgan fingerprint density at radius 1 is 1.32 bits per heavy atom. The lowest BCUT2D eigenvalue weighted by Gasteiger charge is -2.31. The highest BCUT2D eigenvalue weighted by Gasteiger charge is 2.38. The lowest BCUT2D eigenvalue weighted by molar-refractivity contribution is 0.170. The van der Waals surface area contributed by atoms with Gasteiger partial charge in [0.05, 0.1) is 12.0 Å². The molecule has 0 N–H and O–H groups in total. The number of halogens is 1. The molecule has 2 atom stereocenters. The van der Waals surface area contributed by atoms with Gasteiger partial charge in [-0.15, -0.1) is 0 Å². The zero-order valence-corrected chi connectivity index (χ0v) is 12.1. The van der Waals surface area contributed by atoms with Gasteiger partial charge in [-0.25, -0.2) is 4.39 Å². The van der Waals surface area contributed by atoms with E-state index in [-0.39, 0.29) is 23.2 Å². The molecule has 0 spiro atoms. The Labute approximate surface area is 114 Å². The molecule has 2 nitrogen and oxygen atoms in total. The summed E-state index contributed by atoms with van der Waals surface area (Å²) < 4.78 is 13.4. The van der Waals surface area contributed by atoms with E-state index in [1.165, 1.54) is 6.07 Å². The zero-order valence-electron chi connectivity index (χ0n) is 12.1. The van der Waals surface area contributed by atoms with E-state index in [0.717, 1.165) is 18.7 Å². The Balaban J connectivity index is 2.28. The maximum Gasteiger partial charge on any atom is 0.126 e. The molecule has 2 rings (SSSR count). The van der Waals surface area contributed by atoms with E-state index in [2.05, 4.69) is 31.7 Å². The normalized spacial score (nSPS) is 24.4. The van der Waals surface area contributed by atoms with Crippen molar-refractivity contribution >= 4 is 0 Å². The highest BCUT2D eigenvalue weighted by atomic mass is 19.1. The van der Waals surface area contributed by atoms with Gasteiger partial charge in [0.1, 0.15) is 5.82 Å². The average molecular weight is 260 g/mol. The minimum absolute atomic E-state index is 0.0101. The molecule has 102 valence electrons. The molecule has 1 aromatic carbocycles. The number of benzene rings is 1. The van der Waals surface area contributed by atoms with Crippen molar-refractivity contribution in [2.45, 2.75) is 39.2 Å². The summed E-state index contributed by atoms with van der Waals surface area (Å²) in [5.41, 5.74) is 1.81. The molecular formula is C16H21FN2. The second-order valence-corrected chi connectivity index (χ2v) is 6.43. The monoisotopic (exact) mass is 260 g/mol. The first-order valence-corrected chi connectivity index (χ1v) is 6.73. The van der Waals surface area contributed by atoms with Crippen LogP contribution in [-0.4, -0.2) is 23.5 Å². The van der Waals surface area contributed by atoms with E-state index < -0.39 is 0 Å². The Hall–Kier alpha value is -1.40. The molecule has 0 amide bonds. The summed E-state index contributed by atoms with van der Waals surface area (Å²) in [6, 6.07) is 7.63. The molecule has 1 heterocycles. The SMILES string of the molecule is Cc1cc([C@@H]2CN(C(C)(C)C)C[C@H]2C#N)ccc1F. The maximum atomic E-state index is 13.4. The second-order valence-electron chi connectivity index (χ2n) is 6.43. The number of aryl methyl sites for hydroxylation is 1. The zero-order chi connectivity index (χ0) is 14.2. The van der Waals surface area contributed by atoms with Gasteiger partial charge < -0.3 is 0 Å². The smallest absolute Gasteiger partial charge is 0.126 e. The number of nitriles is 1. The van der Waals surface area contributed by atoms with Crippen LogP contribution in [0.3, 0.4) is 0 Å². The molecule has 0 aliphatic carbocycles. The largest absolute Gasteiger partial charge is 0.297 e. The molecule has 1 saturated heterocycles.